The Labute approximate surface area is 154 Å². The molecule has 1 aromatic heterocycles. The van der Waals surface area contributed by atoms with E-state index >= 15 is 0 Å². The first kappa shape index (κ1) is 17.6. The van der Waals surface area contributed by atoms with E-state index in [1.54, 1.807) is 18.2 Å². The van der Waals surface area contributed by atoms with Crippen LogP contribution >= 0.6 is 23.2 Å². The maximum atomic E-state index is 11.1. The van der Waals surface area contributed by atoms with E-state index in [4.69, 9.17) is 34.0 Å². The summed E-state index contributed by atoms with van der Waals surface area (Å²) in [6, 6.07) is 5.06. The molecular formula is C16H17Cl2N5O2. The van der Waals surface area contributed by atoms with Gasteiger partial charge in [0.1, 0.15) is 12.0 Å². The Morgan fingerprint density at radius 2 is 2.00 bits per heavy atom. The number of aromatic nitrogens is 2. The van der Waals surface area contributed by atoms with E-state index in [0.717, 1.165) is 0 Å². The monoisotopic (exact) mass is 381 g/mol. The van der Waals surface area contributed by atoms with Crippen molar-refractivity contribution < 1.29 is 9.90 Å². The molecule has 9 heteroatoms. The number of nitrogens with one attached hydrogen (secondary N) is 1. The molecule has 7 nitrogen and oxygen atoms in total. The summed E-state index contributed by atoms with van der Waals surface area (Å²) >= 11 is 12.2. The summed E-state index contributed by atoms with van der Waals surface area (Å²) in [5.41, 5.74) is 7.20. The number of aliphatic carboxylic acids is 1. The number of carbonyl (C=O) groups is 1. The number of halogens is 2. The summed E-state index contributed by atoms with van der Waals surface area (Å²) in [5.74, 6) is -0.0653. The summed E-state index contributed by atoms with van der Waals surface area (Å²) < 4.78 is 0. The summed E-state index contributed by atoms with van der Waals surface area (Å²) in [6.45, 7) is 1.16. The fourth-order valence-electron chi connectivity index (χ4n) is 2.80. The summed E-state index contributed by atoms with van der Waals surface area (Å²) in [4.78, 5) is 21.5. The second kappa shape index (κ2) is 7.33. The summed E-state index contributed by atoms with van der Waals surface area (Å²) in [6.07, 6.45) is 2.53. The second-order valence-corrected chi connectivity index (χ2v) is 6.65. The maximum Gasteiger partial charge on any atom is 0.306 e. The van der Waals surface area contributed by atoms with Crippen LogP contribution in [0.25, 0.3) is 0 Å². The fraction of sp³-hybridized carbons (Fsp3) is 0.312. The van der Waals surface area contributed by atoms with E-state index in [0.29, 0.717) is 59.0 Å². The van der Waals surface area contributed by atoms with Gasteiger partial charge < -0.3 is 21.1 Å². The van der Waals surface area contributed by atoms with Crippen LogP contribution in [-0.4, -0.2) is 34.1 Å². The van der Waals surface area contributed by atoms with E-state index in [9.17, 15) is 4.79 Å². The number of rotatable bonds is 4. The molecule has 0 saturated carbocycles. The summed E-state index contributed by atoms with van der Waals surface area (Å²) in [5, 5.41) is 13.2. The van der Waals surface area contributed by atoms with Gasteiger partial charge in [0.25, 0.3) is 0 Å². The minimum absolute atomic E-state index is 0.317. The van der Waals surface area contributed by atoms with Crippen molar-refractivity contribution in [3.63, 3.8) is 0 Å². The molecule has 0 bridgehead atoms. The number of nitrogens with two attached hydrogens (primary N) is 1. The largest absolute Gasteiger partial charge is 0.481 e. The van der Waals surface area contributed by atoms with Crippen molar-refractivity contribution in [1.82, 2.24) is 9.97 Å². The number of benzene rings is 1. The first-order valence-corrected chi connectivity index (χ1v) is 8.51. The molecule has 1 fully saturated rings. The third-order valence-electron chi connectivity index (χ3n) is 4.19. The molecule has 0 radical (unpaired) electrons. The minimum atomic E-state index is -0.756. The van der Waals surface area contributed by atoms with Gasteiger partial charge in [0.15, 0.2) is 11.6 Å². The SMILES string of the molecule is Nc1c(Nc2cc(Cl)ccc2Cl)ncnc1N1CCC(C(=O)O)CC1. The third kappa shape index (κ3) is 3.88. The molecule has 1 saturated heterocycles. The van der Waals surface area contributed by atoms with Crippen LogP contribution in [0.2, 0.25) is 10.0 Å². The van der Waals surface area contributed by atoms with Crippen molar-refractivity contribution in [3.05, 3.63) is 34.6 Å². The zero-order valence-corrected chi connectivity index (χ0v) is 14.8. The highest BCUT2D eigenvalue weighted by Crippen LogP contribution is 2.34. The van der Waals surface area contributed by atoms with Crippen molar-refractivity contribution in [2.75, 3.05) is 29.0 Å². The number of carboxylic acids is 1. The van der Waals surface area contributed by atoms with Gasteiger partial charge in [-0.05, 0) is 31.0 Å². The molecule has 0 atom stereocenters. The average molecular weight is 382 g/mol. The van der Waals surface area contributed by atoms with Gasteiger partial charge in [-0.15, -0.1) is 0 Å². The van der Waals surface area contributed by atoms with Gasteiger partial charge in [0, 0.05) is 18.1 Å². The van der Waals surface area contributed by atoms with Crippen LogP contribution < -0.4 is 16.0 Å². The topological polar surface area (TPSA) is 104 Å². The van der Waals surface area contributed by atoms with Gasteiger partial charge in [-0.25, -0.2) is 9.97 Å². The second-order valence-electron chi connectivity index (χ2n) is 5.81. The number of piperidine rings is 1. The van der Waals surface area contributed by atoms with Crippen LogP contribution in [0.5, 0.6) is 0 Å². The molecular weight excluding hydrogens is 365 g/mol. The summed E-state index contributed by atoms with van der Waals surface area (Å²) in [7, 11) is 0. The molecule has 0 spiro atoms. The molecule has 4 N–H and O–H groups in total. The van der Waals surface area contributed by atoms with Crippen LogP contribution in [0.15, 0.2) is 24.5 Å². The number of anilines is 4. The Kier molecular flexibility index (Phi) is 5.15. The average Bonchev–Trinajstić information content (AvgIpc) is 2.60. The highest BCUT2D eigenvalue weighted by atomic mass is 35.5. The van der Waals surface area contributed by atoms with Crippen molar-refractivity contribution in [3.8, 4) is 0 Å². The predicted molar refractivity (Wildman–Crippen MR) is 98.8 cm³/mol. The standard InChI is InChI=1S/C16H17Cl2N5O2/c17-10-1-2-11(18)12(7-10)22-14-13(19)15(21-8-20-14)23-5-3-9(4-6-23)16(24)25/h1-2,7-9H,3-6,19H2,(H,24,25)(H,20,21,22). The van der Waals surface area contributed by atoms with Crippen molar-refractivity contribution >= 4 is 52.2 Å². The lowest BCUT2D eigenvalue weighted by Gasteiger charge is -2.31. The van der Waals surface area contributed by atoms with Crippen molar-refractivity contribution in [1.29, 1.82) is 0 Å². The van der Waals surface area contributed by atoms with Gasteiger partial charge in [-0.3, -0.25) is 4.79 Å². The smallest absolute Gasteiger partial charge is 0.306 e. The number of hydrogen-bond acceptors (Lipinski definition) is 6. The van der Waals surface area contributed by atoms with Crippen molar-refractivity contribution in [2.45, 2.75) is 12.8 Å². The van der Waals surface area contributed by atoms with Crippen LogP contribution in [-0.2, 0) is 4.79 Å². The van der Waals surface area contributed by atoms with Crippen LogP contribution in [0.4, 0.5) is 23.0 Å². The Bertz CT molecular complexity index is 794. The Hall–Kier alpha value is -2.25. The van der Waals surface area contributed by atoms with Crippen LogP contribution in [0.1, 0.15) is 12.8 Å². The lowest BCUT2D eigenvalue weighted by Crippen LogP contribution is -2.37. The minimum Gasteiger partial charge on any atom is -0.481 e. The highest BCUT2D eigenvalue weighted by Gasteiger charge is 2.26. The molecule has 0 aliphatic carbocycles. The first-order chi connectivity index (χ1) is 12.0. The van der Waals surface area contributed by atoms with E-state index in [1.807, 2.05) is 4.90 Å². The normalized spacial score (nSPS) is 15.2. The fourth-order valence-corrected chi connectivity index (χ4v) is 3.13. The lowest BCUT2D eigenvalue weighted by molar-refractivity contribution is -0.142. The highest BCUT2D eigenvalue weighted by molar-refractivity contribution is 6.35. The van der Waals surface area contributed by atoms with E-state index in [-0.39, 0.29) is 5.92 Å². The van der Waals surface area contributed by atoms with Gasteiger partial charge >= 0.3 is 5.97 Å². The molecule has 0 amide bonds. The molecule has 2 heterocycles. The van der Waals surface area contributed by atoms with E-state index in [1.165, 1.54) is 6.33 Å². The van der Waals surface area contributed by atoms with E-state index < -0.39 is 5.97 Å². The zero-order chi connectivity index (χ0) is 18.0. The molecule has 25 heavy (non-hydrogen) atoms. The third-order valence-corrected chi connectivity index (χ3v) is 4.75. The predicted octanol–water partition coefficient (Wildman–Crippen LogP) is 3.41. The molecule has 3 rings (SSSR count). The van der Waals surface area contributed by atoms with Crippen LogP contribution in [0, 0.1) is 5.92 Å². The Morgan fingerprint density at radius 3 is 2.68 bits per heavy atom. The number of nitrogen functional groups attached to an aromatic ring is 1. The zero-order valence-electron chi connectivity index (χ0n) is 13.2. The molecule has 132 valence electrons. The van der Waals surface area contributed by atoms with Gasteiger partial charge in [-0.2, -0.15) is 0 Å². The molecule has 2 aromatic rings. The molecule has 1 aliphatic heterocycles. The Balaban J connectivity index is 1.81. The first-order valence-electron chi connectivity index (χ1n) is 7.76. The number of nitrogens with zero attached hydrogens (tertiary/aromatic N) is 3. The number of carboxylic acid groups (broad SMARTS) is 1. The van der Waals surface area contributed by atoms with Gasteiger partial charge in [-0.1, -0.05) is 23.2 Å². The lowest BCUT2D eigenvalue weighted by atomic mass is 9.97. The van der Waals surface area contributed by atoms with Gasteiger partial charge in [0.05, 0.1) is 16.6 Å². The van der Waals surface area contributed by atoms with Crippen molar-refractivity contribution in [2.24, 2.45) is 5.92 Å². The molecule has 1 aromatic carbocycles. The van der Waals surface area contributed by atoms with Gasteiger partial charge in [0.2, 0.25) is 0 Å². The van der Waals surface area contributed by atoms with E-state index in [2.05, 4.69) is 15.3 Å². The molecule has 0 unspecified atom stereocenters. The van der Waals surface area contributed by atoms with Crippen LogP contribution in [0.3, 0.4) is 0 Å². The Morgan fingerprint density at radius 1 is 1.28 bits per heavy atom. The maximum absolute atomic E-state index is 11.1. The quantitative estimate of drug-likeness (QED) is 0.744. The number of hydrogen-bond donors (Lipinski definition) is 3. The molecule has 1 aliphatic rings.